The number of primary amides is 1. The lowest BCUT2D eigenvalue weighted by molar-refractivity contribution is -0.118. The molecule has 0 radical (unpaired) electrons. The smallest absolute Gasteiger partial charge is 0.220 e. The maximum atomic E-state index is 11.5. The molecule has 1 unspecified atom stereocenters. The molecule has 0 bridgehead atoms. The first-order valence-corrected chi connectivity index (χ1v) is 8.70. The summed E-state index contributed by atoms with van der Waals surface area (Å²) in [6.07, 6.45) is 0.0218. The topological polar surface area (TPSA) is 90.7 Å². The summed E-state index contributed by atoms with van der Waals surface area (Å²) >= 11 is 1.67. The number of carbonyl (C=O) groups excluding carboxylic acids is 1. The summed E-state index contributed by atoms with van der Waals surface area (Å²) < 4.78 is 11.5. The van der Waals surface area contributed by atoms with Crippen LogP contribution in [-0.4, -0.2) is 23.1 Å². The normalized spacial score (nSPS) is 16.4. The monoisotopic (exact) mass is 347 g/mol. The van der Waals surface area contributed by atoms with Crippen LogP contribution in [0.25, 0.3) is 10.4 Å². The second kappa shape index (κ2) is 6.05. The number of hydrogen-bond acceptors (Lipinski definition) is 6. The van der Waals surface area contributed by atoms with Crippen LogP contribution >= 0.6 is 11.3 Å². The van der Waals surface area contributed by atoms with Gasteiger partial charge in [-0.25, -0.2) is 4.99 Å². The van der Waals surface area contributed by atoms with E-state index in [4.69, 9.17) is 20.0 Å². The molecule has 1 atom stereocenters. The maximum Gasteiger partial charge on any atom is 0.220 e. The molecule has 7 heteroatoms. The van der Waals surface area contributed by atoms with Crippen LogP contribution in [-0.2, 0) is 9.53 Å². The van der Waals surface area contributed by atoms with E-state index < -0.39 is 11.9 Å². The van der Waals surface area contributed by atoms with Crippen molar-refractivity contribution in [1.82, 2.24) is 5.16 Å². The minimum atomic E-state index is -0.522. The first-order valence-electron chi connectivity index (χ1n) is 7.89. The van der Waals surface area contributed by atoms with Gasteiger partial charge in [0, 0.05) is 4.88 Å². The molecule has 3 heterocycles. The van der Waals surface area contributed by atoms with Crippen molar-refractivity contribution >= 4 is 23.1 Å². The highest BCUT2D eigenvalue weighted by atomic mass is 32.1. The van der Waals surface area contributed by atoms with Gasteiger partial charge in [-0.15, -0.1) is 11.3 Å². The van der Waals surface area contributed by atoms with Gasteiger partial charge in [-0.3, -0.25) is 4.79 Å². The Hall–Kier alpha value is -2.15. The van der Waals surface area contributed by atoms with Crippen LogP contribution in [0.2, 0.25) is 0 Å². The van der Waals surface area contributed by atoms with Gasteiger partial charge in [0.05, 0.1) is 34.2 Å². The van der Waals surface area contributed by atoms with E-state index in [1.807, 2.05) is 20.8 Å². The number of thiophene rings is 1. The number of aryl methyl sites for hydroxylation is 2. The quantitative estimate of drug-likeness (QED) is 0.921. The van der Waals surface area contributed by atoms with Gasteiger partial charge in [0.2, 0.25) is 11.8 Å². The minimum absolute atomic E-state index is 0.0333. The lowest BCUT2D eigenvalue weighted by Crippen LogP contribution is -2.17. The van der Waals surface area contributed by atoms with Crippen molar-refractivity contribution in [2.75, 3.05) is 0 Å². The van der Waals surface area contributed by atoms with Crippen molar-refractivity contribution in [3.05, 3.63) is 27.5 Å². The van der Waals surface area contributed by atoms with Crippen molar-refractivity contribution in [2.24, 2.45) is 10.7 Å². The van der Waals surface area contributed by atoms with Crippen LogP contribution in [0.1, 0.15) is 53.8 Å². The number of rotatable bonds is 3. The van der Waals surface area contributed by atoms with Gasteiger partial charge in [0.15, 0.2) is 5.76 Å². The number of aliphatic imine (C=N–C) groups is 1. The largest absolute Gasteiger partial charge is 0.475 e. The summed E-state index contributed by atoms with van der Waals surface area (Å²) in [4.78, 5) is 18.4. The van der Waals surface area contributed by atoms with Gasteiger partial charge in [-0.2, -0.15) is 0 Å². The highest BCUT2D eigenvalue weighted by Crippen LogP contribution is 2.45. The van der Waals surface area contributed by atoms with Gasteiger partial charge in [0.1, 0.15) is 6.04 Å². The molecular formula is C17H21N3O3S. The molecule has 0 saturated heterocycles. The SMILES string of the molecule is Cc1noc2c1-c1sc(C)c(C)c1C(OC(C)C)=NC2CC(N)=O. The number of fused-ring (bicyclic) bond motifs is 3. The third-order valence-electron chi connectivity index (χ3n) is 4.03. The van der Waals surface area contributed by atoms with Crippen molar-refractivity contribution in [2.45, 2.75) is 53.2 Å². The molecule has 1 amide bonds. The molecule has 128 valence electrons. The predicted molar refractivity (Wildman–Crippen MR) is 93.3 cm³/mol. The van der Waals surface area contributed by atoms with Gasteiger partial charge in [-0.05, 0) is 40.2 Å². The van der Waals surface area contributed by atoms with E-state index in [9.17, 15) is 4.79 Å². The van der Waals surface area contributed by atoms with E-state index in [0.29, 0.717) is 11.7 Å². The van der Waals surface area contributed by atoms with E-state index in [1.54, 1.807) is 11.3 Å². The standard InChI is InChI=1S/C17H21N3O3S/c1-7(2)22-17-13-8(3)10(5)24-16(13)14-9(4)20-23-15(14)11(19-17)6-12(18)21/h7,11H,6H2,1-5H3,(H2,18,21). The Morgan fingerprint density at radius 3 is 2.67 bits per heavy atom. The first-order chi connectivity index (χ1) is 11.3. The van der Waals surface area contributed by atoms with Gasteiger partial charge in [-0.1, -0.05) is 5.16 Å². The Balaban J connectivity index is 2.28. The summed E-state index contributed by atoms with van der Waals surface area (Å²) in [5, 5.41) is 4.09. The number of carbonyl (C=O) groups is 1. The molecule has 0 spiro atoms. The fourth-order valence-corrected chi connectivity index (χ4v) is 4.11. The number of amides is 1. The molecule has 0 aliphatic carbocycles. The average Bonchev–Trinajstić information content (AvgIpc) is 2.94. The average molecular weight is 347 g/mol. The van der Waals surface area contributed by atoms with E-state index in [0.717, 1.165) is 27.3 Å². The number of hydrogen-bond donors (Lipinski definition) is 1. The Bertz CT molecular complexity index is 832. The van der Waals surface area contributed by atoms with Crippen molar-refractivity contribution in [1.29, 1.82) is 0 Å². The number of nitrogens with two attached hydrogens (primary N) is 1. The molecule has 2 aromatic rings. The fourth-order valence-electron chi connectivity index (χ4n) is 2.86. The summed E-state index contributed by atoms with van der Waals surface area (Å²) in [5.41, 5.74) is 9.19. The molecular weight excluding hydrogens is 326 g/mol. The summed E-state index contributed by atoms with van der Waals surface area (Å²) in [6, 6.07) is -0.522. The third kappa shape index (κ3) is 2.73. The number of nitrogens with zero attached hydrogens (tertiary/aromatic N) is 2. The van der Waals surface area contributed by atoms with Crippen LogP contribution in [0.4, 0.5) is 0 Å². The second-order valence-electron chi connectivity index (χ2n) is 6.28. The van der Waals surface area contributed by atoms with E-state index in [1.165, 1.54) is 4.88 Å². The maximum absolute atomic E-state index is 11.5. The highest BCUT2D eigenvalue weighted by molar-refractivity contribution is 7.16. The van der Waals surface area contributed by atoms with Crippen LogP contribution in [0.3, 0.4) is 0 Å². The van der Waals surface area contributed by atoms with Gasteiger partial charge in [0.25, 0.3) is 0 Å². The van der Waals surface area contributed by atoms with Crippen molar-refractivity contribution in [3.8, 4) is 10.4 Å². The summed E-state index contributed by atoms with van der Waals surface area (Å²) in [5.74, 6) is 0.681. The Kier molecular flexibility index (Phi) is 4.21. The first kappa shape index (κ1) is 16.7. The molecule has 6 nitrogen and oxygen atoms in total. The second-order valence-corrected chi connectivity index (χ2v) is 7.51. The predicted octanol–water partition coefficient (Wildman–Crippen LogP) is 3.43. The van der Waals surface area contributed by atoms with Gasteiger partial charge < -0.3 is 15.0 Å². The van der Waals surface area contributed by atoms with E-state index in [-0.39, 0.29) is 12.5 Å². The van der Waals surface area contributed by atoms with E-state index >= 15 is 0 Å². The molecule has 3 rings (SSSR count). The van der Waals surface area contributed by atoms with Crippen LogP contribution in [0.5, 0.6) is 0 Å². The third-order valence-corrected chi connectivity index (χ3v) is 5.26. The Morgan fingerprint density at radius 1 is 1.33 bits per heavy atom. The zero-order valence-corrected chi connectivity index (χ0v) is 15.3. The zero-order chi connectivity index (χ0) is 17.6. The van der Waals surface area contributed by atoms with Crippen LogP contribution in [0.15, 0.2) is 9.52 Å². The summed E-state index contributed by atoms with van der Waals surface area (Å²) in [6.45, 7) is 9.93. The van der Waals surface area contributed by atoms with Crippen LogP contribution in [0, 0.1) is 20.8 Å². The van der Waals surface area contributed by atoms with Crippen LogP contribution < -0.4 is 5.73 Å². The minimum Gasteiger partial charge on any atom is -0.475 e. The highest BCUT2D eigenvalue weighted by Gasteiger charge is 2.34. The molecule has 1 aliphatic rings. The molecule has 0 aromatic carbocycles. The Morgan fingerprint density at radius 2 is 2.04 bits per heavy atom. The molecule has 0 fully saturated rings. The molecule has 24 heavy (non-hydrogen) atoms. The van der Waals surface area contributed by atoms with Crippen molar-refractivity contribution in [3.63, 3.8) is 0 Å². The molecule has 0 saturated carbocycles. The fraction of sp³-hybridized carbons (Fsp3) is 0.471. The number of ether oxygens (including phenoxy) is 1. The Labute approximate surface area is 144 Å². The van der Waals surface area contributed by atoms with E-state index in [2.05, 4.69) is 19.0 Å². The van der Waals surface area contributed by atoms with Crippen molar-refractivity contribution < 1.29 is 14.1 Å². The lowest BCUT2D eigenvalue weighted by Gasteiger charge is -2.14. The lowest BCUT2D eigenvalue weighted by atomic mass is 10.0. The molecule has 2 N–H and O–H groups in total. The molecule has 1 aliphatic heterocycles. The van der Waals surface area contributed by atoms with Gasteiger partial charge >= 0.3 is 0 Å². The zero-order valence-electron chi connectivity index (χ0n) is 14.5. The number of aromatic nitrogens is 1. The molecule has 2 aromatic heterocycles. The summed E-state index contributed by atoms with van der Waals surface area (Å²) in [7, 11) is 0.